The Kier molecular flexibility index (Phi) is 8.20. The van der Waals surface area contributed by atoms with E-state index >= 15 is 0 Å². The molecule has 0 saturated heterocycles. The van der Waals surface area contributed by atoms with E-state index in [0.717, 1.165) is 38.5 Å². The van der Waals surface area contributed by atoms with Gasteiger partial charge < -0.3 is 9.47 Å². The number of methoxy groups -OCH3 is 2. The molecule has 0 spiro atoms. The minimum absolute atomic E-state index is 0.00154. The summed E-state index contributed by atoms with van der Waals surface area (Å²) in [5, 5.41) is -0.00154. The summed E-state index contributed by atoms with van der Waals surface area (Å²) in [7, 11) is 3.09. The summed E-state index contributed by atoms with van der Waals surface area (Å²) in [5.41, 5.74) is 0.834. The Morgan fingerprint density at radius 2 is 1.33 bits per heavy atom. The molecule has 1 aliphatic heterocycles. The molecule has 0 N–H and O–H groups in total. The number of nitrogens with zero attached hydrogens (tertiary/aromatic N) is 1. The van der Waals surface area contributed by atoms with Gasteiger partial charge in [0.15, 0.2) is 11.5 Å². The van der Waals surface area contributed by atoms with E-state index in [0.29, 0.717) is 17.1 Å². The van der Waals surface area contributed by atoms with Crippen LogP contribution >= 0.6 is 11.6 Å². The van der Waals surface area contributed by atoms with E-state index in [-0.39, 0.29) is 28.5 Å². The van der Waals surface area contributed by atoms with Crippen molar-refractivity contribution in [2.24, 2.45) is 0 Å². The number of hydrogen-bond acceptors (Lipinski definition) is 4. The lowest BCUT2D eigenvalue weighted by molar-refractivity contribution is -0.139. The predicted octanol–water partition coefficient (Wildman–Crippen LogP) is 5.70. The number of rotatable bonds is 4. The Labute approximate surface area is 184 Å². The van der Waals surface area contributed by atoms with Gasteiger partial charge in [-0.2, -0.15) is 0 Å². The Morgan fingerprint density at radius 1 is 0.800 bits per heavy atom. The molecule has 30 heavy (non-hydrogen) atoms. The van der Waals surface area contributed by atoms with Crippen LogP contribution in [-0.4, -0.2) is 37.0 Å². The van der Waals surface area contributed by atoms with Crippen LogP contribution in [0.3, 0.4) is 0 Å². The van der Waals surface area contributed by atoms with Gasteiger partial charge in [0.2, 0.25) is 0 Å². The summed E-state index contributed by atoms with van der Waals surface area (Å²) >= 11 is 6.42. The largest absolute Gasteiger partial charge is 0.493 e. The van der Waals surface area contributed by atoms with Crippen LogP contribution in [0.2, 0.25) is 0 Å². The maximum absolute atomic E-state index is 13.3. The van der Waals surface area contributed by atoms with Crippen LogP contribution in [0, 0.1) is 0 Å². The van der Waals surface area contributed by atoms with Gasteiger partial charge in [-0.1, -0.05) is 75.5 Å². The first-order valence-corrected chi connectivity index (χ1v) is 11.5. The van der Waals surface area contributed by atoms with Crippen molar-refractivity contribution in [2.75, 3.05) is 14.2 Å². The third-order valence-corrected chi connectivity index (χ3v) is 6.52. The second kappa shape index (κ2) is 10.9. The first-order valence-electron chi connectivity index (χ1n) is 11.1. The molecule has 164 valence electrons. The zero-order valence-corrected chi connectivity index (χ0v) is 18.8. The second-order valence-corrected chi connectivity index (χ2v) is 8.53. The summed E-state index contributed by atoms with van der Waals surface area (Å²) in [6.45, 7) is 0. The number of carbonyl (C=O) groups is 2. The van der Waals surface area contributed by atoms with E-state index in [9.17, 15) is 9.59 Å². The van der Waals surface area contributed by atoms with Crippen molar-refractivity contribution in [3.63, 3.8) is 0 Å². The minimum atomic E-state index is -0.372. The van der Waals surface area contributed by atoms with Crippen molar-refractivity contribution in [1.82, 2.24) is 4.90 Å². The van der Waals surface area contributed by atoms with Crippen molar-refractivity contribution < 1.29 is 19.1 Å². The fourth-order valence-corrected chi connectivity index (χ4v) is 4.77. The summed E-state index contributed by atoms with van der Waals surface area (Å²) in [6, 6.07) is 5.08. The molecule has 0 aromatic heterocycles. The van der Waals surface area contributed by atoms with Crippen LogP contribution < -0.4 is 9.47 Å². The number of amides is 2. The molecule has 6 heteroatoms. The molecule has 0 bridgehead atoms. The Balaban J connectivity index is 1.82. The van der Waals surface area contributed by atoms with Gasteiger partial charge in [-0.15, -0.1) is 0 Å². The van der Waals surface area contributed by atoms with Crippen LogP contribution in [0.15, 0.2) is 23.2 Å². The number of carbonyl (C=O) groups excluding carboxylic acids is 2. The molecule has 0 atom stereocenters. The van der Waals surface area contributed by atoms with Crippen molar-refractivity contribution in [1.29, 1.82) is 0 Å². The average molecular weight is 434 g/mol. The number of ether oxygens (including phenoxy) is 2. The fraction of sp³-hybridized carbons (Fsp3) is 0.583. The van der Waals surface area contributed by atoms with Gasteiger partial charge in [-0.05, 0) is 30.5 Å². The van der Waals surface area contributed by atoms with Gasteiger partial charge in [-0.3, -0.25) is 14.5 Å². The monoisotopic (exact) mass is 433 g/mol. The van der Waals surface area contributed by atoms with Crippen LogP contribution in [0.1, 0.15) is 76.2 Å². The zero-order valence-electron chi connectivity index (χ0n) is 18.0. The molecule has 1 saturated carbocycles. The summed E-state index contributed by atoms with van der Waals surface area (Å²) in [5.74, 6) is 0.389. The van der Waals surface area contributed by atoms with Crippen LogP contribution in [0.4, 0.5) is 0 Å². The van der Waals surface area contributed by atoms with Crippen molar-refractivity contribution in [3.8, 4) is 11.5 Å². The van der Waals surface area contributed by atoms with Crippen LogP contribution in [0.5, 0.6) is 11.5 Å². The molecular formula is C24H32ClNO4. The smallest absolute Gasteiger partial charge is 0.273 e. The summed E-state index contributed by atoms with van der Waals surface area (Å²) < 4.78 is 10.6. The van der Waals surface area contributed by atoms with E-state index in [4.69, 9.17) is 21.1 Å². The first kappa shape index (κ1) is 22.7. The molecule has 1 heterocycles. The minimum Gasteiger partial charge on any atom is -0.493 e. The quantitative estimate of drug-likeness (QED) is 0.572. The number of hydrogen-bond donors (Lipinski definition) is 0. The Hall–Kier alpha value is -2.01. The van der Waals surface area contributed by atoms with E-state index in [1.54, 1.807) is 25.3 Å². The summed E-state index contributed by atoms with van der Waals surface area (Å²) in [6.07, 6.45) is 12.4. The van der Waals surface area contributed by atoms with Gasteiger partial charge in [0, 0.05) is 6.04 Å². The standard InChI is InChI=1S/C24H32ClNO4/c1-29-19-15-14-17(16-20(19)30-2)21-22(25)24(28)26(23(21)27)18-12-10-8-6-4-3-5-7-9-11-13-18/h14-16,18H,3-13H2,1-2H3. The zero-order chi connectivity index (χ0) is 21.5. The molecule has 5 nitrogen and oxygen atoms in total. The molecule has 2 aliphatic rings. The SMILES string of the molecule is COc1ccc(C2=C(Cl)C(=O)N(C3CCCCCCCCCCC3)C2=O)cc1OC. The molecule has 0 unspecified atom stereocenters. The van der Waals surface area contributed by atoms with Crippen LogP contribution in [-0.2, 0) is 9.59 Å². The molecule has 1 fully saturated rings. The Bertz CT molecular complexity index is 792. The highest BCUT2D eigenvalue weighted by Crippen LogP contribution is 2.38. The number of halogens is 1. The number of imide groups is 1. The molecule has 2 amide bonds. The van der Waals surface area contributed by atoms with Crippen molar-refractivity contribution in [3.05, 3.63) is 28.8 Å². The normalized spacial score (nSPS) is 20.2. The van der Waals surface area contributed by atoms with Gasteiger partial charge >= 0.3 is 0 Å². The van der Waals surface area contributed by atoms with E-state index in [1.807, 2.05) is 0 Å². The van der Waals surface area contributed by atoms with Gasteiger partial charge in [0.1, 0.15) is 5.03 Å². The number of benzene rings is 1. The molecule has 3 rings (SSSR count). The molecular weight excluding hydrogens is 402 g/mol. The average Bonchev–Trinajstić information content (AvgIpc) is 2.96. The molecule has 1 aromatic carbocycles. The van der Waals surface area contributed by atoms with E-state index in [1.165, 1.54) is 44.1 Å². The van der Waals surface area contributed by atoms with Gasteiger partial charge in [0.05, 0.1) is 19.8 Å². The third-order valence-electron chi connectivity index (χ3n) is 6.17. The van der Waals surface area contributed by atoms with E-state index in [2.05, 4.69) is 0 Å². The third kappa shape index (κ3) is 5.00. The maximum Gasteiger partial charge on any atom is 0.273 e. The first-order chi connectivity index (χ1) is 14.6. The van der Waals surface area contributed by atoms with Gasteiger partial charge in [0.25, 0.3) is 11.8 Å². The van der Waals surface area contributed by atoms with Gasteiger partial charge in [-0.25, -0.2) is 0 Å². The molecule has 1 aromatic rings. The van der Waals surface area contributed by atoms with Crippen molar-refractivity contribution >= 4 is 29.0 Å². The van der Waals surface area contributed by atoms with Crippen LogP contribution in [0.25, 0.3) is 5.57 Å². The highest BCUT2D eigenvalue weighted by molar-refractivity contribution is 6.55. The molecule has 0 radical (unpaired) electrons. The van der Waals surface area contributed by atoms with E-state index < -0.39 is 0 Å². The summed E-state index contributed by atoms with van der Waals surface area (Å²) in [4.78, 5) is 27.8. The maximum atomic E-state index is 13.3. The van der Waals surface area contributed by atoms with Crippen molar-refractivity contribution in [2.45, 2.75) is 76.7 Å². The fourth-order valence-electron chi connectivity index (χ4n) is 4.49. The lowest BCUT2D eigenvalue weighted by Gasteiger charge is -2.27. The Morgan fingerprint density at radius 3 is 1.87 bits per heavy atom. The lowest BCUT2D eigenvalue weighted by atomic mass is 9.96. The highest BCUT2D eigenvalue weighted by Gasteiger charge is 2.41. The highest BCUT2D eigenvalue weighted by atomic mass is 35.5. The second-order valence-electron chi connectivity index (χ2n) is 8.15. The topological polar surface area (TPSA) is 55.8 Å². The molecule has 1 aliphatic carbocycles. The predicted molar refractivity (Wildman–Crippen MR) is 119 cm³/mol. The lowest BCUT2D eigenvalue weighted by Crippen LogP contribution is -2.41.